The zero-order valence-corrected chi connectivity index (χ0v) is 16.5. The van der Waals surface area contributed by atoms with E-state index in [4.69, 9.17) is 0 Å². The number of nitro groups is 1. The molecule has 0 unspecified atom stereocenters. The third kappa shape index (κ3) is 4.78. The summed E-state index contributed by atoms with van der Waals surface area (Å²) >= 11 is 0. The van der Waals surface area contributed by atoms with Crippen molar-refractivity contribution < 1.29 is 18.1 Å². The van der Waals surface area contributed by atoms with Gasteiger partial charge in [-0.1, -0.05) is 30.3 Å². The van der Waals surface area contributed by atoms with Crippen LogP contribution in [-0.2, 0) is 21.2 Å². The third-order valence-electron chi connectivity index (χ3n) is 4.17. The quantitative estimate of drug-likeness (QED) is 0.418. The van der Waals surface area contributed by atoms with Crippen LogP contribution < -0.4 is 10.6 Å². The van der Waals surface area contributed by atoms with Gasteiger partial charge in [-0.2, -0.15) is 0 Å². The van der Waals surface area contributed by atoms with Crippen molar-refractivity contribution in [2.24, 2.45) is 0 Å². The predicted molar refractivity (Wildman–Crippen MR) is 110 cm³/mol. The Balaban J connectivity index is 1.84. The molecule has 9 nitrogen and oxygen atoms in total. The summed E-state index contributed by atoms with van der Waals surface area (Å²) < 4.78 is 26.2. The van der Waals surface area contributed by atoms with Crippen LogP contribution in [0.25, 0.3) is 0 Å². The van der Waals surface area contributed by atoms with Gasteiger partial charge < -0.3 is 10.6 Å². The summed E-state index contributed by atoms with van der Waals surface area (Å²) in [6, 6.07) is 14.8. The van der Waals surface area contributed by atoms with Crippen molar-refractivity contribution in [2.45, 2.75) is 16.3 Å². The molecule has 1 amide bonds. The summed E-state index contributed by atoms with van der Waals surface area (Å²) in [6.07, 6.45) is 3.22. The fourth-order valence-corrected chi connectivity index (χ4v) is 4.35. The van der Waals surface area contributed by atoms with E-state index in [1.807, 2.05) is 0 Å². The second-order valence-electron chi connectivity index (χ2n) is 6.22. The molecule has 10 heteroatoms. The van der Waals surface area contributed by atoms with Gasteiger partial charge >= 0.3 is 0 Å². The van der Waals surface area contributed by atoms with Gasteiger partial charge in [0.2, 0.25) is 15.7 Å². The molecule has 0 radical (unpaired) electrons. The summed E-state index contributed by atoms with van der Waals surface area (Å²) in [5.74, 6) is -0.409. The maximum Gasteiger partial charge on any atom is 0.290 e. The number of benzene rings is 2. The van der Waals surface area contributed by atoms with Gasteiger partial charge in [0.1, 0.15) is 0 Å². The van der Waals surface area contributed by atoms with E-state index in [-0.39, 0.29) is 23.7 Å². The molecular weight excluding hydrogens is 408 g/mol. The number of nitrogens with zero attached hydrogens (tertiary/aromatic N) is 2. The first-order valence-electron chi connectivity index (χ1n) is 8.86. The summed E-state index contributed by atoms with van der Waals surface area (Å²) in [5, 5.41) is 16.9. The normalized spacial score (nSPS) is 10.9. The SMILES string of the molecule is O=C(CNc1cccc([N+](=O)[O-])c1S(=O)(=O)c1ccccc1)NCc1cccnc1. The smallest absolute Gasteiger partial charge is 0.290 e. The Labute approximate surface area is 172 Å². The molecule has 154 valence electrons. The average molecular weight is 426 g/mol. The Bertz CT molecular complexity index is 1150. The molecular formula is C20H18N4O5S. The van der Waals surface area contributed by atoms with Gasteiger partial charge in [-0.05, 0) is 29.8 Å². The molecule has 0 spiro atoms. The van der Waals surface area contributed by atoms with E-state index >= 15 is 0 Å². The van der Waals surface area contributed by atoms with E-state index in [1.165, 1.54) is 36.4 Å². The molecule has 0 aliphatic carbocycles. The number of sulfone groups is 1. The molecule has 3 rings (SSSR count). The molecule has 0 saturated heterocycles. The first-order valence-corrected chi connectivity index (χ1v) is 10.3. The van der Waals surface area contributed by atoms with Gasteiger partial charge in [0.15, 0.2) is 4.90 Å². The van der Waals surface area contributed by atoms with Crippen molar-refractivity contribution in [1.29, 1.82) is 0 Å². The minimum absolute atomic E-state index is 0.0235. The molecule has 0 bridgehead atoms. The third-order valence-corrected chi connectivity index (χ3v) is 6.02. The maximum absolute atomic E-state index is 13.1. The molecule has 0 aliphatic heterocycles. The van der Waals surface area contributed by atoms with E-state index in [1.54, 1.807) is 30.6 Å². The number of amides is 1. The summed E-state index contributed by atoms with van der Waals surface area (Å²) in [6.45, 7) is -0.0167. The van der Waals surface area contributed by atoms with Crippen molar-refractivity contribution in [2.75, 3.05) is 11.9 Å². The lowest BCUT2D eigenvalue weighted by molar-refractivity contribution is -0.387. The molecule has 0 fully saturated rings. The Morgan fingerprint density at radius 3 is 2.47 bits per heavy atom. The zero-order chi connectivity index (χ0) is 21.6. The van der Waals surface area contributed by atoms with Crippen LogP contribution in [0.15, 0.2) is 82.8 Å². The fourth-order valence-electron chi connectivity index (χ4n) is 2.75. The largest absolute Gasteiger partial charge is 0.375 e. The molecule has 0 aliphatic rings. The molecule has 2 N–H and O–H groups in total. The molecule has 0 saturated carbocycles. The number of aromatic nitrogens is 1. The fraction of sp³-hybridized carbons (Fsp3) is 0.100. The maximum atomic E-state index is 13.1. The zero-order valence-electron chi connectivity index (χ0n) is 15.7. The molecule has 0 atom stereocenters. The molecule has 2 aromatic carbocycles. The van der Waals surface area contributed by atoms with Crippen molar-refractivity contribution in [3.63, 3.8) is 0 Å². The number of hydrogen-bond acceptors (Lipinski definition) is 7. The van der Waals surface area contributed by atoms with Crippen molar-refractivity contribution in [3.05, 3.63) is 88.7 Å². The van der Waals surface area contributed by atoms with Crippen LogP contribution >= 0.6 is 0 Å². The van der Waals surface area contributed by atoms with Crippen molar-refractivity contribution >= 4 is 27.1 Å². The van der Waals surface area contributed by atoms with Crippen LogP contribution in [0.4, 0.5) is 11.4 Å². The minimum atomic E-state index is -4.19. The van der Waals surface area contributed by atoms with Crippen molar-refractivity contribution in [3.8, 4) is 0 Å². The predicted octanol–water partition coefficient (Wildman–Crippen LogP) is 2.55. The van der Waals surface area contributed by atoms with E-state index in [9.17, 15) is 23.3 Å². The highest BCUT2D eigenvalue weighted by molar-refractivity contribution is 7.91. The van der Waals surface area contributed by atoms with Crippen LogP contribution in [0, 0.1) is 10.1 Å². The Hall–Kier alpha value is -3.79. The van der Waals surface area contributed by atoms with Gasteiger partial charge in [-0.25, -0.2) is 8.42 Å². The lowest BCUT2D eigenvalue weighted by Crippen LogP contribution is -2.29. The topological polar surface area (TPSA) is 131 Å². The van der Waals surface area contributed by atoms with Gasteiger partial charge in [-0.15, -0.1) is 0 Å². The molecule has 1 aromatic heterocycles. The summed E-state index contributed by atoms with van der Waals surface area (Å²) in [4.78, 5) is 26.3. The van der Waals surface area contributed by atoms with Crippen LogP contribution in [0.5, 0.6) is 0 Å². The highest BCUT2D eigenvalue weighted by Crippen LogP contribution is 2.35. The number of carbonyl (C=O) groups is 1. The highest BCUT2D eigenvalue weighted by atomic mass is 32.2. The lowest BCUT2D eigenvalue weighted by Gasteiger charge is -2.13. The van der Waals surface area contributed by atoms with Crippen molar-refractivity contribution in [1.82, 2.24) is 10.3 Å². The Kier molecular flexibility index (Phi) is 6.38. The van der Waals surface area contributed by atoms with E-state index in [0.717, 1.165) is 11.6 Å². The van der Waals surface area contributed by atoms with Gasteiger partial charge in [0, 0.05) is 25.0 Å². The molecule has 30 heavy (non-hydrogen) atoms. The first kappa shape index (κ1) is 20.9. The number of pyridine rings is 1. The number of rotatable bonds is 8. The van der Waals surface area contributed by atoms with E-state index in [0.29, 0.717) is 0 Å². The Morgan fingerprint density at radius 1 is 1.03 bits per heavy atom. The van der Waals surface area contributed by atoms with Gasteiger partial charge in [0.05, 0.1) is 22.1 Å². The monoisotopic (exact) mass is 426 g/mol. The number of nitro benzene ring substituents is 1. The number of carbonyl (C=O) groups excluding carboxylic acids is 1. The van der Waals surface area contributed by atoms with Crippen LogP contribution in [0.2, 0.25) is 0 Å². The van der Waals surface area contributed by atoms with Crippen LogP contribution in [0.1, 0.15) is 5.56 Å². The van der Waals surface area contributed by atoms with Gasteiger partial charge in [0.25, 0.3) is 5.69 Å². The summed E-state index contributed by atoms with van der Waals surface area (Å²) in [5.41, 5.74) is 0.206. The molecule has 3 aromatic rings. The lowest BCUT2D eigenvalue weighted by atomic mass is 10.2. The molecule has 1 heterocycles. The van der Waals surface area contributed by atoms with E-state index in [2.05, 4.69) is 15.6 Å². The second kappa shape index (κ2) is 9.14. The second-order valence-corrected chi connectivity index (χ2v) is 8.11. The highest BCUT2D eigenvalue weighted by Gasteiger charge is 2.31. The number of hydrogen-bond donors (Lipinski definition) is 2. The standard InChI is InChI=1S/C20H18N4O5S/c25-19(23-13-15-6-5-11-21-12-15)14-22-17-9-4-10-18(24(26)27)20(17)30(28,29)16-7-2-1-3-8-16/h1-12,22H,13-14H2,(H,23,25). The summed E-state index contributed by atoms with van der Waals surface area (Å²) in [7, 11) is -4.19. The van der Waals surface area contributed by atoms with Crippen LogP contribution in [0.3, 0.4) is 0 Å². The van der Waals surface area contributed by atoms with E-state index < -0.39 is 31.3 Å². The van der Waals surface area contributed by atoms with Gasteiger partial charge in [-0.3, -0.25) is 19.9 Å². The number of nitrogens with one attached hydrogen (secondary N) is 2. The minimum Gasteiger partial charge on any atom is -0.375 e. The first-order chi connectivity index (χ1) is 14.4. The van der Waals surface area contributed by atoms with Crippen LogP contribution in [-0.4, -0.2) is 30.8 Å². The average Bonchev–Trinajstić information content (AvgIpc) is 2.77. The Morgan fingerprint density at radius 2 is 1.80 bits per heavy atom. The number of anilines is 1.